The van der Waals surface area contributed by atoms with E-state index in [1.54, 1.807) is 6.92 Å². The van der Waals surface area contributed by atoms with Crippen molar-refractivity contribution in [2.75, 3.05) is 25.9 Å². The second kappa shape index (κ2) is 5.67. The predicted molar refractivity (Wildman–Crippen MR) is 74.3 cm³/mol. The van der Waals surface area contributed by atoms with Gasteiger partial charge >= 0.3 is 0 Å². The van der Waals surface area contributed by atoms with Crippen molar-refractivity contribution >= 4 is 15.7 Å². The van der Waals surface area contributed by atoms with Gasteiger partial charge in [-0.1, -0.05) is 0 Å². The van der Waals surface area contributed by atoms with Crippen LogP contribution in [0, 0.1) is 12.7 Å². The standard InChI is InChI=1S/C13H19FN2O3S/c1-9-6-11(14)13(7-12(9)15)20(17,18)16(2)8-10-4-3-5-19-10/h6-7,10H,3-5,8,15H2,1-2H3. The predicted octanol–water partition coefficient (Wildman–Crippen LogP) is 1.52. The first-order valence-electron chi connectivity index (χ1n) is 6.46. The maximum Gasteiger partial charge on any atom is 0.245 e. The first kappa shape index (κ1) is 15.2. The van der Waals surface area contributed by atoms with Crippen LogP contribution < -0.4 is 5.73 Å². The molecule has 0 aromatic heterocycles. The van der Waals surface area contributed by atoms with Crippen LogP contribution in [0.2, 0.25) is 0 Å². The molecule has 2 N–H and O–H groups in total. The van der Waals surface area contributed by atoms with Crippen LogP contribution in [0.5, 0.6) is 0 Å². The zero-order valence-corrected chi connectivity index (χ0v) is 12.4. The lowest BCUT2D eigenvalue weighted by atomic mass is 10.2. The van der Waals surface area contributed by atoms with Crippen molar-refractivity contribution in [1.82, 2.24) is 4.31 Å². The number of nitrogens with two attached hydrogens (primary N) is 1. The Balaban J connectivity index is 2.27. The summed E-state index contributed by atoms with van der Waals surface area (Å²) in [4.78, 5) is -0.388. The third kappa shape index (κ3) is 2.94. The molecule has 0 spiro atoms. The van der Waals surface area contributed by atoms with Gasteiger partial charge in [-0.05, 0) is 37.5 Å². The zero-order valence-electron chi connectivity index (χ0n) is 11.6. The lowest BCUT2D eigenvalue weighted by molar-refractivity contribution is 0.0978. The summed E-state index contributed by atoms with van der Waals surface area (Å²) in [6.07, 6.45) is 1.61. The molecule has 0 radical (unpaired) electrons. The number of sulfonamides is 1. The quantitative estimate of drug-likeness (QED) is 0.856. The zero-order chi connectivity index (χ0) is 14.9. The third-order valence-corrected chi connectivity index (χ3v) is 5.33. The van der Waals surface area contributed by atoms with E-state index in [-0.39, 0.29) is 23.2 Å². The molecule has 1 aliphatic rings. The van der Waals surface area contributed by atoms with Gasteiger partial charge in [0.25, 0.3) is 0 Å². The molecule has 1 unspecified atom stereocenters. The highest BCUT2D eigenvalue weighted by atomic mass is 32.2. The van der Waals surface area contributed by atoms with Crippen LogP contribution in [-0.4, -0.2) is 39.0 Å². The minimum Gasteiger partial charge on any atom is -0.398 e. The highest BCUT2D eigenvalue weighted by Crippen LogP contribution is 2.25. The normalized spacial score (nSPS) is 19.7. The summed E-state index contributed by atoms with van der Waals surface area (Å²) in [5.74, 6) is -0.782. The maximum absolute atomic E-state index is 13.9. The van der Waals surface area contributed by atoms with Crippen LogP contribution in [0.15, 0.2) is 17.0 Å². The topological polar surface area (TPSA) is 72.6 Å². The van der Waals surface area contributed by atoms with Crippen molar-refractivity contribution in [3.05, 3.63) is 23.5 Å². The summed E-state index contributed by atoms with van der Waals surface area (Å²) in [5.41, 5.74) is 6.45. The van der Waals surface area contributed by atoms with Gasteiger partial charge in [0.2, 0.25) is 10.0 Å². The molecule has 1 aromatic carbocycles. The van der Waals surface area contributed by atoms with Crippen LogP contribution in [0.3, 0.4) is 0 Å². The number of aryl methyl sites for hydroxylation is 1. The van der Waals surface area contributed by atoms with Gasteiger partial charge in [-0.25, -0.2) is 12.8 Å². The molecule has 1 saturated heterocycles. The molecule has 1 aliphatic heterocycles. The Morgan fingerprint density at radius 1 is 1.50 bits per heavy atom. The van der Waals surface area contributed by atoms with E-state index in [1.807, 2.05) is 0 Å². The molecule has 1 atom stereocenters. The second-order valence-corrected chi connectivity index (χ2v) is 7.07. The third-order valence-electron chi connectivity index (χ3n) is 3.49. The molecule has 20 heavy (non-hydrogen) atoms. The van der Waals surface area contributed by atoms with Crippen LogP contribution >= 0.6 is 0 Å². The molecule has 0 bridgehead atoms. The molecule has 112 valence electrons. The molecule has 1 heterocycles. The number of nitrogen functional groups attached to an aromatic ring is 1. The smallest absolute Gasteiger partial charge is 0.245 e. The van der Waals surface area contributed by atoms with Gasteiger partial charge in [-0.2, -0.15) is 4.31 Å². The Hall–Kier alpha value is -1.18. The summed E-state index contributed by atoms with van der Waals surface area (Å²) in [7, 11) is -2.47. The number of nitrogens with zero attached hydrogens (tertiary/aromatic N) is 1. The van der Waals surface area contributed by atoms with E-state index in [0.717, 1.165) is 23.2 Å². The minimum absolute atomic E-state index is 0.124. The first-order valence-corrected chi connectivity index (χ1v) is 7.90. The van der Waals surface area contributed by atoms with E-state index in [1.165, 1.54) is 13.1 Å². The van der Waals surface area contributed by atoms with Crippen LogP contribution in [0.25, 0.3) is 0 Å². The Morgan fingerprint density at radius 2 is 2.20 bits per heavy atom. The number of hydrogen-bond acceptors (Lipinski definition) is 4. The van der Waals surface area contributed by atoms with Gasteiger partial charge in [0.15, 0.2) is 0 Å². The van der Waals surface area contributed by atoms with E-state index < -0.39 is 15.8 Å². The molecule has 0 saturated carbocycles. The molecule has 0 amide bonds. The lowest BCUT2D eigenvalue weighted by Crippen LogP contribution is -2.34. The molecule has 0 aliphatic carbocycles. The van der Waals surface area contributed by atoms with Crippen LogP contribution in [-0.2, 0) is 14.8 Å². The number of halogens is 1. The van der Waals surface area contributed by atoms with Crippen molar-refractivity contribution in [3.8, 4) is 0 Å². The van der Waals surface area contributed by atoms with Gasteiger partial charge in [0.05, 0.1) is 6.10 Å². The SMILES string of the molecule is Cc1cc(F)c(S(=O)(=O)N(C)CC2CCCO2)cc1N. The van der Waals surface area contributed by atoms with E-state index >= 15 is 0 Å². The van der Waals surface area contributed by atoms with Crippen molar-refractivity contribution in [1.29, 1.82) is 0 Å². The summed E-state index contributed by atoms with van der Waals surface area (Å²) in [6, 6.07) is 2.31. The fourth-order valence-electron chi connectivity index (χ4n) is 2.21. The first-order chi connectivity index (χ1) is 9.32. The highest BCUT2D eigenvalue weighted by molar-refractivity contribution is 7.89. The van der Waals surface area contributed by atoms with Gasteiger partial charge in [0.1, 0.15) is 10.7 Å². The van der Waals surface area contributed by atoms with Crippen molar-refractivity contribution < 1.29 is 17.5 Å². The Labute approximate surface area is 118 Å². The van der Waals surface area contributed by atoms with E-state index in [0.29, 0.717) is 12.2 Å². The Morgan fingerprint density at radius 3 is 2.80 bits per heavy atom. The fraction of sp³-hybridized carbons (Fsp3) is 0.538. The number of likely N-dealkylation sites (N-methyl/N-ethyl adjacent to an activating group) is 1. The number of hydrogen-bond donors (Lipinski definition) is 1. The summed E-state index contributed by atoms with van der Waals surface area (Å²) in [5, 5.41) is 0. The number of benzene rings is 1. The Kier molecular flexibility index (Phi) is 4.31. The second-order valence-electron chi connectivity index (χ2n) is 5.06. The van der Waals surface area contributed by atoms with Crippen molar-refractivity contribution in [2.24, 2.45) is 0 Å². The number of ether oxygens (including phenoxy) is 1. The molecule has 1 fully saturated rings. The van der Waals surface area contributed by atoms with Gasteiger partial charge in [0, 0.05) is 25.9 Å². The fourth-order valence-corrected chi connectivity index (χ4v) is 3.49. The highest BCUT2D eigenvalue weighted by Gasteiger charge is 2.28. The number of rotatable bonds is 4. The lowest BCUT2D eigenvalue weighted by Gasteiger charge is -2.21. The van der Waals surface area contributed by atoms with E-state index in [2.05, 4.69) is 0 Å². The summed E-state index contributed by atoms with van der Waals surface area (Å²) in [6.45, 7) is 2.49. The van der Waals surface area contributed by atoms with Crippen LogP contribution in [0.1, 0.15) is 18.4 Å². The molecular weight excluding hydrogens is 283 g/mol. The van der Waals surface area contributed by atoms with Crippen molar-refractivity contribution in [3.63, 3.8) is 0 Å². The molecule has 2 rings (SSSR count). The van der Waals surface area contributed by atoms with Gasteiger partial charge in [-0.15, -0.1) is 0 Å². The van der Waals surface area contributed by atoms with E-state index in [9.17, 15) is 12.8 Å². The number of anilines is 1. The van der Waals surface area contributed by atoms with Crippen LogP contribution in [0.4, 0.5) is 10.1 Å². The largest absolute Gasteiger partial charge is 0.398 e. The Bertz CT molecular complexity index is 598. The molecule has 7 heteroatoms. The monoisotopic (exact) mass is 302 g/mol. The average Bonchev–Trinajstić information content (AvgIpc) is 2.86. The summed E-state index contributed by atoms with van der Waals surface area (Å²) < 4.78 is 45.2. The molecule has 1 aromatic rings. The van der Waals surface area contributed by atoms with Gasteiger partial charge in [-0.3, -0.25) is 0 Å². The van der Waals surface area contributed by atoms with Crippen molar-refractivity contribution in [2.45, 2.75) is 30.8 Å². The average molecular weight is 302 g/mol. The van der Waals surface area contributed by atoms with Gasteiger partial charge < -0.3 is 10.5 Å². The maximum atomic E-state index is 13.9. The molecular formula is C13H19FN2O3S. The minimum atomic E-state index is -3.90. The van der Waals surface area contributed by atoms with E-state index in [4.69, 9.17) is 10.5 Å². The molecule has 5 nitrogen and oxygen atoms in total. The summed E-state index contributed by atoms with van der Waals surface area (Å²) >= 11 is 0.